The third-order valence-corrected chi connectivity index (χ3v) is 3.98. The molecular formula is C17H16N4O4. The number of aromatic nitrogens is 2. The Bertz CT molecular complexity index is 972. The monoisotopic (exact) mass is 340 g/mol. The Balaban J connectivity index is 1.57. The Morgan fingerprint density at radius 2 is 2.08 bits per heavy atom. The van der Waals surface area contributed by atoms with E-state index in [-0.39, 0.29) is 5.56 Å². The summed E-state index contributed by atoms with van der Waals surface area (Å²) < 4.78 is 11.1. The van der Waals surface area contributed by atoms with Crippen LogP contribution in [0.5, 0.6) is 0 Å². The van der Waals surface area contributed by atoms with E-state index >= 15 is 0 Å². The number of aromatic amines is 1. The Kier molecular flexibility index (Phi) is 3.95. The number of rotatable bonds is 3. The van der Waals surface area contributed by atoms with Crippen molar-refractivity contribution in [1.29, 1.82) is 0 Å². The minimum Gasteiger partial charge on any atom is -0.423 e. The van der Waals surface area contributed by atoms with Gasteiger partial charge in [0.1, 0.15) is 11.1 Å². The first-order valence-electron chi connectivity index (χ1n) is 7.93. The number of amides is 1. The third-order valence-electron chi connectivity index (χ3n) is 3.98. The zero-order valence-electron chi connectivity index (χ0n) is 13.3. The van der Waals surface area contributed by atoms with Crippen molar-refractivity contribution in [1.82, 2.24) is 9.97 Å². The normalized spacial score (nSPS) is 14.6. The first-order chi connectivity index (χ1) is 12.2. The number of pyridine rings is 1. The van der Waals surface area contributed by atoms with E-state index < -0.39 is 11.5 Å². The molecule has 1 amide bonds. The second kappa shape index (κ2) is 6.40. The highest BCUT2D eigenvalue weighted by Gasteiger charge is 2.17. The molecular weight excluding hydrogens is 324 g/mol. The van der Waals surface area contributed by atoms with E-state index in [2.05, 4.69) is 15.3 Å². The molecule has 0 unspecified atom stereocenters. The van der Waals surface area contributed by atoms with Crippen molar-refractivity contribution in [3.63, 3.8) is 0 Å². The van der Waals surface area contributed by atoms with Crippen LogP contribution < -0.4 is 15.8 Å². The Morgan fingerprint density at radius 1 is 1.24 bits per heavy atom. The van der Waals surface area contributed by atoms with Crippen LogP contribution in [-0.2, 0) is 4.74 Å². The largest absolute Gasteiger partial charge is 0.423 e. The number of hydrogen-bond donors (Lipinski definition) is 2. The number of benzene rings is 1. The van der Waals surface area contributed by atoms with Gasteiger partial charge in [0.2, 0.25) is 0 Å². The third kappa shape index (κ3) is 3.11. The van der Waals surface area contributed by atoms with Crippen molar-refractivity contribution in [3.05, 3.63) is 52.4 Å². The van der Waals surface area contributed by atoms with Crippen LogP contribution in [0.4, 0.5) is 11.7 Å². The molecule has 2 N–H and O–H groups in total. The summed E-state index contributed by atoms with van der Waals surface area (Å²) in [6, 6.07) is 8.81. The smallest absolute Gasteiger partial charge is 0.298 e. The van der Waals surface area contributed by atoms with Crippen LogP contribution in [-0.4, -0.2) is 42.2 Å². The van der Waals surface area contributed by atoms with Crippen LogP contribution in [0.1, 0.15) is 10.4 Å². The molecule has 1 fully saturated rings. The topological polar surface area (TPSA) is 100 Å². The Morgan fingerprint density at radius 3 is 2.88 bits per heavy atom. The first kappa shape index (κ1) is 15.4. The number of fused-ring (bicyclic) bond motifs is 1. The number of H-pyrrole nitrogens is 1. The second-order valence-electron chi connectivity index (χ2n) is 5.65. The van der Waals surface area contributed by atoms with Gasteiger partial charge < -0.3 is 24.4 Å². The van der Waals surface area contributed by atoms with Gasteiger partial charge in [0, 0.05) is 31.0 Å². The summed E-state index contributed by atoms with van der Waals surface area (Å²) in [7, 11) is 0. The molecule has 3 aromatic rings. The maximum Gasteiger partial charge on any atom is 0.298 e. The van der Waals surface area contributed by atoms with Crippen molar-refractivity contribution in [2.45, 2.75) is 0 Å². The molecule has 8 nitrogen and oxygen atoms in total. The molecule has 1 aliphatic rings. The average molecular weight is 340 g/mol. The quantitative estimate of drug-likeness (QED) is 0.751. The Labute approximate surface area is 142 Å². The summed E-state index contributed by atoms with van der Waals surface area (Å²) in [6.07, 6.45) is 1.48. The predicted octanol–water partition coefficient (Wildman–Crippen LogP) is 1.60. The van der Waals surface area contributed by atoms with E-state index in [0.29, 0.717) is 36.0 Å². The molecule has 2 aromatic heterocycles. The molecule has 1 aliphatic heterocycles. The van der Waals surface area contributed by atoms with E-state index in [1.165, 1.54) is 12.3 Å². The highest BCUT2D eigenvalue weighted by molar-refractivity contribution is 6.04. The van der Waals surface area contributed by atoms with Crippen LogP contribution >= 0.6 is 0 Å². The zero-order chi connectivity index (χ0) is 17.2. The number of carbonyl (C=O) groups excluding carboxylic acids is 1. The molecule has 1 saturated heterocycles. The van der Waals surface area contributed by atoms with E-state index in [0.717, 1.165) is 13.1 Å². The number of hydrogen-bond acceptors (Lipinski definition) is 6. The van der Waals surface area contributed by atoms with Crippen molar-refractivity contribution < 1.29 is 13.9 Å². The number of carbonyl (C=O) groups is 1. The second-order valence-corrected chi connectivity index (χ2v) is 5.65. The van der Waals surface area contributed by atoms with Crippen molar-refractivity contribution in [3.8, 4) is 0 Å². The van der Waals surface area contributed by atoms with Gasteiger partial charge >= 0.3 is 0 Å². The Hall–Kier alpha value is -3.13. The van der Waals surface area contributed by atoms with Gasteiger partial charge in [-0.2, -0.15) is 4.98 Å². The fourth-order valence-corrected chi connectivity index (χ4v) is 2.68. The van der Waals surface area contributed by atoms with Crippen LogP contribution in [0.2, 0.25) is 0 Å². The maximum absolute atomic E-state index is 12.2. The highest BCUT2D eigenvalue weighted by Crippen LogP contribution is 2.25. The lowest BCUT2D eigenvalue weighted by Gasteiger charge is -2.24. The van der Waals surface area contributed by atoms with Gasteiger partial charge in [-0.05, 0) is 24.3 Å². The van der Waals surface area contributed by atoms with Gasteiger partial charge in [0.25, 0.3) is 17.5 Å². The van der Waals surface area contributed by atoms with E-state index in [1.807, 2.05) is 4.90 Å². The van der Waals surface area contributed by atoms with Gasteiger partial charge in [-0.25, -0.2) is 0 Å². The van der Waals surface area contributed by atoms with Crippen LogP contribution in [0.15, 0.2) is 45.7 Å². The number of oxazole rings is 1. The molecule has 0 saturated carbocycles. The summed E-state index contributed by atoms with van der Waals surface area (Å²) in [4.78, 5) is 32.9. The minimum absolute atomic E-state index is 0.0502. The lowest BCUT2D eigenvalue weighted by molar-refractivity contribution is 0.102. The minimum atomic E-state index is -0.478. The number of morpholine rings is 1. The number of nitrogens with one attached hydrogen (secondary N) is 2. The summed E-state index contributed by atoms with van der Waals surface area (Å²) in [6.45, 7) is 2.75. The molecule has 0 bridgehead atoms. The number of nitrogens with zero attached hydrogens (tertiary/aromatic N) is 2. The van der Waals surface area contributed by atoms with Crippen molar-refractivity contribution in [2.75, 3.05) is 36.5 Å². The summed E-state index contributed by atoms with van der Waals surface area (Å²) in [5.41, 5.74) is 1.42. The van der Waals surface area contributed by atoms with Crippen molar-refractivity contribution in [2.24, 2.45) is 0 Å². The van der Waals surface area contributed by atoms with E-state index in [1.54, 1.807) is 24.3 Å². The standard InChI is InChI=1S/C17H16N4O4/c22-15-12(2-1-5-18-15)16(23)19-11-3-4-13-14(10-11)25-17(20-13)21-6-8-24-9-7-21/h1-5,10H,6-9H2,(H,18,22)(H,19,23). The van der Waals surface area contributed by atoms with E-state index in [9.17, 15) is 9.59 Å². The fourth-order valence-electron chi connectivity index (χ4n) is 2.68. The lowest BCUT2D eigenvalue weighted by atomic mass is 10.2. The molecule has 1 aromatic carbocycles. The van der Waals surface area contributed by atoms with Gasteiger partial charge in [0.15, 0.2) is 5.58 Å². The molecule has 8 heteroatoms. The lowest BCUT2D eigenvalue weighted by Crippen LogP contribution is -2.36. The van der Waals surface area contributed by atoms with Crippen molar-refractivity contribution >= 4 is 28.7 Å². The van der Waals surface area contributed by atoms with Crippen LogP contribution in [0.25, 0.3) is 11.1 Å². The molecule has 0 radical (unpaired) electrons. The van der Waals surface area contributed by atoms with Gasteiger partial charge in [-0.15, -0.1) is 0 Å². The SMILES string of the molecule is O=C(Nc1ccc2nc(N3CCOCC3)oc2c1)c1ccc[nH]c1=O. The van der Waals surface area contributed by atoms with E-state index in [4.69, 9.17) is 9.15 Å². The highest BCUT2D eigenvalue weighted by atomic mass is 16.5. The van der Waals surface area contributed by atoms with Gasteiger partial charge in [-0.3, -0.25) is 9.59 Å². The van der Waals surface area contributed by atoms with Gasteiger partial charge in [0.05, 0.1) is 13.2 Å². The van der Waals surface area contributed by atoms with Gasteiger partial charge in [-0.1, -0.05) is 0 Å². The predicted molar refractivity (Wildman–Crippen MR) is 92.1 cm³/mol. The summed E-state index contributed by atoms with van der Waals surface area (Å²) in [5.74, 6) is -0.478. The van der Waals surface area contributed by atoms with Crippen LogP contribution in [0.3, 0.4) is 0 Å². The molecule has 0 aliphatic carbocycles. The van der Waals surface area contributed by atoms with Crippen LogP contribution in [0, 0.1) is 0 Å². The molecule has 4 rings (SSSR count). The summed E-state index contributed by atoms with van der Waals surface area (Å²) >= 11 is 0. The summed E-state index contributed by atoms with van der Waals surface area (Å²) in [5, 5.41) is 2.70. The average Bonchev–Trinajstić information content (AvgIpc) is 3.06. The molecule has 0 atom stereocenters. The number of ether oxygens (including phenoxy) is 1. The zero-order valence-corrected chi connectivity index (χ0v) is 13.3. The first-order valence-corrected chi connectivity index (χ1v) is 7.93. The molecule has 3 heterocycles. The molecule has 128 valence electrons. The fraction of sp³-hybridized carbons (Fsp3) is 0.235. The molecule has 0 spiro atoms. The maximum atomic E-state index is 12.2. The number of anilines is 2. The molecule has 25 heavy (non-hydrogen) atoms.